The second-order valence-electron chi connectivity index (χ2n) is 11.9. The fourth-order valence-electron chi connectivity index (χ4n) is 7.09. The summed E-state index contributed by atoms with van der Waals surface area (Å²) in [5.41, 5.74) is 3.19. The molecule has 2 heterocycles. The molecule has 2 saturated carbocycles. The van der Waals surface area contributed by atoms with Crippen molar-refractivity contribution < 1.29 is 38.7 Å². The second kappa shape index (κ2) is 11.1. The van der Waals surface area contributed by atoms with Crippen molar-refractivity contribution in [2.24, 2.45) is 5.92 Å². The molecule has 2 fully saturated rings. The summed E-state index contributed by atoms with van der Waals surface area (Å²) in [7, 11) is 1.61. The minimum atomic E-state index is -1.00. The largest absolute Gasteiger partial charge is 0.508 e. The molecule has 0 amide bonds. The average molecular weight is 575 g/mol. The van der Waals surface area contributed by atoms with Gasteiger partial charge in [0.25, 0.3) is 0 Å². The van der Waals surface area contributed by atoms with Crippen LogP contribution in [0.4, 0.5) is 0 Å². The number of hydrogen-bond acceptors (Lipinski definition) is 8. The molecule has 8 heteroatoms. The number of aliphatic hydroxyl groups is 1. The van der Waals surface area contributed by atoms with Crippen LogP contribution in [0.15, 0.2) is 47.7 Å². The maximum absolute atomic E-state index is 13.1. The van der Waals surface area contributed by atoms with Crippen molar-refractivity contribution in [2.75, 3.05) is 13.7 Å². The number of fused-ring (bicyclic) bond motifs is 2. The summed E-state index contributed by atoms with van der Waals surface area (Å²) in [6.07, 6.45) is 7.27. The normalized spacial score (nSPS) is 25.0. The Morgan fingerprint density at radius 2 is 1.83 bits per heavy atom. The fraction of sp³-hybridized carbons (Fsp3) is 0.471. The Balaban J connectivity index is 1.44. The van der Waals surface area contributed by atoms with Gasteiger partial charge in [-0.15, -0.1) is 0 Å². The number of rotatable bonds is 6. The number of Topliss-reactive ketones (excluding diaryl/α,β-unsaturated/α-hetero) is 1. The lowest BCUT2D eigenvalue weighted by atomic mass is 9.77. The van der Waals surface area contributed by atoms with Crippen molar-refractivity contribution in [1.82, 2.24) is 0 Å². The molecule has 222 valence electrons. The summed E-state index contributed by atoms with van der Waals surface area (Å²) >= 11 is 0. The lowest BCUT2D eigenvalue weighted by Crippen LogP contribution is -2.47. The van der Waals surface area contributed by atoms with E-state index in [1.54, 1.807) is 50.4 Å². The Hall–Kier alpha value is -3.78. The van der Waals surface area contributed by atoms with Crippen LogP contribution in [0.1, 0.15) is 81.4 Å². The average Bonchev–Trinajstić information content (AvgIpc) is 3.68. The molecule has 0 aromatic heterocycles. The first-order chi connectivity index (χ1) is 20.2. The lowest BCUT2D eigenvalue weighted by Gasteiger charge is -2.35. The van der Waals surface area contributed by atoms with Crippen molar-refractivity contribution in [1.29, 1.82) is 0 Å². The topological polar surface area (TPSA) is 112 Å². The first-order valence-corrected chi connectivity index (χ1v) is 14.9. The molecule has 2 aromatic carbocycles. The van der Waals surface area contributed by atoms with Gasteiger partial charge in [-0.05, 0) is 74.8 Å². The van der Waals surface area contributed by atoms with Crippen LogP contribution in [0.25, 0.3) is 5.57 Å². The molecule has 2 aromatic rings. The number of ketones is 1. The predicted molar refractivity (Wildman–Crippen MR) is 156 cm³/mol. The number of benzene rings is 2. The Bertz CT molecular complexity index is 1460. The van der Waals surface area contributed by atoms with Gasteiger partial charge < -0.3 is 29.2 Å². The molecule has 3 atom stereocenters. The van der Waals surface area contributed by atoms with Crippen LogP contribution < -0.4 is 14.2 Å². The van der Waals surface area contributed by atoms with Crippen molar-refractivity contribution in [3.05, 3.63) is 64.4 Å². The predicted octanol–water partition coefficient (Wildman–Crippen LogP) is 5.78. The molecule has 6 rings (SSSR count). The minimum Gasteiger partial charge on any atom is -0.508 e. The second-order valence-corrected chi connectivity index (χ2v) is 11.9. The summed E-state index contributed by atoms with van der Waals surface area (Å²) in [5, 5.41) is 21.4. The van der Waals surface area contributed by atoms with Crippen molar-refractivity contribution >= 4 is 17.3 Å². The number of carbonyl (C=O) groups is 2. The highest BCUT2D eigenvalue weighted by Gasteiger charge is 2.47. The van der Waals surface area contributed by atoms with Gasteiger partial charge in [0.15, 0.2) is 0 Å². The van der Waals surface area contributed by atoms with Crippen molar-refractivity contribution in [2.45, 2.75) is 82.8 Å². The van der Waals surface area contributed by atoms with E-state index in [1.807, 2.05) is 6.92 Å². The van der Waals surface area contributed by atoms with Crippen molar-refractivity contribution in [3.63, 3.8) is 0 Å². The van der Waals surface area contributed by atoms with Crippen LogP contribution in [0.5, 0.6) is 23.0 Å². The molecule has 2 aliphatic heterocycles. The van der Waals surface area contributed by atoms with E-state index in [1.165, 1.54) is 0 Å². The molecule has 0 unspecified atom stereocenters. The van der Waals surface area contributed by atoms with Crippen LogP contribution >= 0.6 is 0 Å². The Morgan fingerprint density at radius 3 is 2.52 bits per heavy atom. The zero-order chi connectivity index (χ0) is 29.6. The summed E-state index contributed by atoms with van der Waals surface area (Å²) in [5.74, 6) is 1.13. The maximum Gasteiger partial charge on any atom is 0.374 e. The Kier molecular flexibility index (Phi) is 7.51. The van der Waals surface area contributed by atoms with Gasteiger partial charge in [0.05, 0.1) is 19.3 Å². The molecule has 42 heavy (non-hydrogen) atoms. The number of ether oxygens (including phenoxy) is 4. The third-order valence-electron chi connectivity index (χ3n) is 9.43. The molecule has 0 saturated heterocycles. The zero-order valence-corrected chi connectivity index (χ0v) is 24.4. The highest BCUT2D eigenvalue weighted by Crippen LogP contribution is 2.53. The SMILES string of the molecule is CCOC(=O)C1=C/C(=C2\CCC(=O)[C@H](c3ccc(O)cc3)C2)c2c(cc3c(c2OC)C[C@@H]([C@@](C)(O)C2CCCC2)O3)O1. The maximum atomic E-state index is 13.1. The number of esters is 1. The molecule has 2 aliphatic carbocycles. The molecule has 0 radical (unpaired) electrons. The van der Waals surface area contributed by atoms with Gasteiger partial charge in [-0.2, -0.15) is 0 Å². The van der Waals surface area contributed by atoms with Gasteiger partial charge in [-0.3, -0.25) is 4.79 Å². The first kappa shape index (κ1) is 28.3. The third-order valence-corrected chi connectivity index (χ3v) is 9.43. The molecule has 4 aliphatic rings. The fourth-order valence-corrected chi connectivity index (χ4v) is 7.09. The summed E-state index contributed by atoms with van der Waals surface area (Å²) < 4.78 is 23.9. The van der Waals surface area contributed by atoms with Gasteiger partial charge >= 0.3 is 5.97 Å². The summed E-state index contributed by atoms with van der Waals surface area (Å²) in [4.78, 5) is 26.0. The van der Waals surface area contributed by atoms with Gasteiger partial charge in [0.2, 0.25) is 5.76 Å². The lowest BCUT2D eigenvalue weighted by molar-refractivity contribution is -0.141. The van der Waals surface area contributed by atoms with Gasteiger partial charge in [0, 0.05) is 30.4 Å². The van der Waals surface area contributed by atoms with Gasteiger partial charge in [0.1, 0.15) is 40.5 Å². The van der Waals surface area contributed by atoms with Crippen LogP contribution in [0.3, 0.4) is 0 Å². The van der Waals surface area contributed by atoms with Crippen LogP contribution in [-0.2, 0) is 20.7 Å². The number of phenolic OH excluding ortho intramolecular Hbond substituents is 1. The van der Waals surface area contributed by atoms with Gasteiger partial charge in [-0.1, -0.05) is 30.5 Å². The van der Waals surface area contributed by atoms with Crippen LogP contribution in [0, 0.1) is 5.92 Å². The molecule has 0 bridgehead atoms. The van der Waals surface area contributed by atoms with E-state index in [9.17, 15) is 19.8 Å². The quantitative estimate of drug-likeness (QED) is 0.418. The number of methoxy groups -OCH3 is 1. The monoisotopic (exact) mass is 574 g/mol. The highest BCUT2D eigenvalue weighted by molar-refractivity contribution is 5.98. The van der Waals surface area contributed by atoms with Crippen molar-refractivity contribution in [3.8, 4) is 23.0 Å². The van der Waals surface area contributed by atoms with E-state index in [4.69, 9.17) is 18.9 Å². The zero-order valence-electron chi connectivity index (χ0n) is 24.4. The van der Waals surface area contributed by atoms with E-state index in [-0.39, 0.29) is 35.7 Å². The smallest absolute Gasteiger partial charge is 0.374 e. The third kappa shape index (κ3) is 4.96. The summed E-state index contributed by atoms with van der Waals surface area (Å²) in [6, 6.07) is 8.54. The number of hydrogen-bond donors (Lipinski definition) is 2. The molecule has 0 spiro atoms. The highest BCUT2D eigenvalue weighted by atomic mass is 16.6. The Labute approximate surface area is 245 Å². The first-order valence-electron chi connectivity index (χ1n) is 14.9. The van der Waals surface area contributed by atoms with E-state index >= 15 is 0 Å². The van der Waals surface area contributed by atoms with Crippen LogP contribution in [0.2, 0.25) is 0 Å². The standard InChI is InChI=1S/C34H38O8/c1-4-40-33(37)29-16-24(20-11-14-26(36)23(15-20)19-9-12-22(35)13-10-19)31-28(41-29)18-27-25(32(31)39-3)17-30(42-27)34(2,38)21-7-5-6-8-21/h9-10,12-13,16,18,21,23,30,35,38H,4-8,11,14-15,17H2,1-3H3/b24-20-/t23-,30-,34-/m0/s1. The number of allylic oxidation sites excluding steroid dienone is 3. The van der Waals surface area contributed by atoms with E-state index < -0.39 is 17.7 Å². The van der Waals surface area contributed by atoms with Gasteiger partial charge in [-0.25, -0.2) is 4.79 Å². The molecule has 2 N–H and O–H groups in total. The number of aromatic hydroxyl groups is 1. The number of phenols is 1. The number of carbonyl (C=O) groups excluding carboxylic acids is 2. The molecular weight excluding hydrogens is 536 g/mol. The Morgan fingerprint density at radius 1 is 1.10 bits per heavy atom. The van der Waals surface area contributed by atoms with E-state index in [0.717, 1.165) is 48.0 Å². The van der Waals surface area contributed by atoms with E-state index in [0.29, 0.717) is 48.5 Å². The summed E-state index contributed by atoms with van der Waals surface area (Å²) in [6.45, 7) is 3.81. The minimum absolute atomic E-state index is 0.0550. The molecular formula is C34H38O8. The van der Waals surface area contributed by atoms with Crippen LogP contribution in [-0.4, -0.2) is 47.4 Å². The molecule has 8 nitrogen and oxygen atoms in total. The van der Waals surface area contributed by atoms with E-state index in [2.05, 4.69) is 0 Å².